The highest BCUT2D eigenvalue weighted by Crippen LogP contribution is 2.19. The molecule has 1 heterocycles. The summed E-state index contributed by atoms with van der Waals surface area (Å²) >= 11 is 5.80. The molecule has 0 aromatic heterocycles. The molecule has 0 aliphatic carbocycles. The molecule has 1 aliphatic rings. The molecule has 1 amide bonds. The average Bonchev–Trinajstić information content (AvgIpc) is 2.85. The number of halogens is 1. The van der Waals surface area contributed by atoms with E-state index in [1.54, 1.807) is 24.3 Å². The molecule has 1 N–H and O–H groups in total. The molecule has 1 atom stereocenters. The summed E-state index contributed by atoms with van der Waals surface area (Å²) in [5.41, 5.74) is 0. The first-order valence-corrected chi connectivity index (χ1v) is 6.36. The molecular weight excluding hydrogens is 270 g/mol. The minimum atomic E-state index is -0.964. The predicted molar refractivity (Wildman–Crippen MR) is 69.3 cm³/mol. The number of likely N-dealkylation sites (tertiary alicyclic amines) is 1. The third-order valence-corrected chi connectivity index (χ3v) is 3.25. The Labute approximate surface area is 115 Å². The van der Waals surface area contributed by atoms with Crippen molar-refractivity contribution in [2.24, 2.45) is 0 Å². The normalized spacial score (nSPS) is 18.4. The highest BCUT2D eigenvalue weighted by Gasteiger charge is 2.33. The van der Waals surface area contributed by atoms with Gasteiger partial charge in [0.2, 0.25) is 0 Å². The van der Waals surface area contributed by atoms with Gasteiger partial charge in [0.15, 0.2) is 6.61 Å². The zero-order valence-electron chi connectivity index (χ0n) is 10.2. The van der Waals surface area contributed by atoms with Crippen LogP contribution in [-0.2, 0) is 9.59 Å². The van der Waals surface area contributed by atoms with Crippen LogP contribution in [0.15, 0.2) is 24.3 Å². The molecule has 5 nitrogen and oxygen atoms in total. The van der Waals surface area contributed by atoms with Crippen molar-refractivity contribution in [2.45, 2.75) is 18.9 Å². The van der Waals surface area contributed by atoms with Crippen molar-refractivity contribution in [1.29, 1.82) is 0 Å². The summed E-state index contributed by atoms with van der Waals surface area (Å²) in [5, 5.41) is 9.52. The van der Waals surface area contributed by atoms with Crippen LogP contribution < -0.4 is 4.74 Å². The van der Waals surface area contributed by atoms with Crippen molar-refractivity contribution >= 4 is 23.5 Å². The number of hydrogen-bond acceptors (Lipinski definition) is 3. The first-order valence-electron chi connectivity index (χ1n) is 5.98. The third-order valence-electron chi connectivity index (χ3n) is 3.02. The fourth-order valence-corrected chi connectivity index (χ4v) is 2.29. The van der Waals surface area contributed by atoms with Crippen molar-refractivity contribution in [3.8, 4) is 5.75 Å². The van der Waals surface area contributed by atoms with E-state index in [0.29, 0.717) is 30.2 Å². The van der Waals surface area contributed by atoms with Crippen LogP contribution in [0.4, 0.5) is 0 Å². The second kappa shape index (κ2) is 5.93. The van der Waals surface area contributed by atoms with Gasteiger partial charge >= 0.3 is 5.97 Å². The number of carbonyl (C=O) groups excluding carboxylic acids is 1. The summed E-state index contributed by atoms with van der Waals surface area (Å²) in [6.07, 6.45) is 1.21. The van der Waals surface area contributed by atoms with E-state index in [4.69, 9.17) is 21.4 Å². The van der Waals surface area contributed by atoms with Crippen LogP contribution in [0.2, 0.25) is 5.02 Å². The lowest BCUT2D eigenvalue weighted by Crippen LogP contribution is -2.42. The first-order chi connectivity index (χ1) is 9.08. The summed E-state index contributed by atoms with van der Waals surface area (Å²) < 4.78 is 5.32. The van der Waals surface area contributed by atoms with Gasteiger partial charge in [-0.05, 0) is 31.0 Å². The number of carbonyl (C=O) groups is 2. The maximum atomic E-state index is 11.9. The molecular formula is C13H14ClNO4. The topological polar surface area (TPSA) is 66.8 Å². The number of nitrogens with zero attached hydrogens (tertiary/aromatic N) is 1. The number of carboxylic acid groups (broad SMARTS) is 1. The molecule has 1 aliphatic heterocycles. The van der Waals surface area contributed by atoms with Crippen molar-refractivity contribution in [1.82, 2.24) is 4.90 Å². The summed E-state index contributed by atoms with van der Waals surface area (Å²) in [4.78, 5) is 24.3. The lowest BCUT2D eigenvalue weighted by atomic mass is 10.2. The summed E-state index contributed by atoms with van der Waals surface area (Å²) in [5.74, 6) is -0.787. The average molecular weight is 284 g/mol. The Morgan fingerprint density at radius 1 is 1.47 bits per heavy atom. The van der Waals surface area contributed by atoms with Gasteiger partial charge in [-0.1, -0.05) is 17.7 Å². The molecule has 0 bridgehead atoms. The van der Waals surface area contributed by atoms with Crippen LogP contribution in [0.1, 0.15) is 12.8 Å². The van der Waals surface area contributed by atoms with Crippen LogP contribution in [0, 0.1) is 0 Å². The van der Waals surface area contributed by atoms with Crippen molar-refractivity contribution in [3.05, 3.63) is 29.3 Å². The van der Waals surface area contributed by atoms with Gasteiger partial charge < -0.3 is 14.7 Å². The number of carboxylic acids is 1. The molecule has 19 heavy (non-hydrogen) atoms. The molecule has 1 aromatic rings. The summed E-state index contributed by atoms with van der Waals surface area (Å²) in [6, 6.07) is 6.00. The van der Waals surface area contributed by atoms with Crippen molar-refractivity contribution in [3.63, 3.8) is 0 Å². The van der Waals surface area contributed by atoms with E-state index in [9.17, 15) is 9.59 Å². The molecule has 0 spiro atoms. The summed E-state index contributed by atoms with van der Waals surface area (Å²) in [7, 11) is 0. The van der Waals surface area contributed by atoms with Gasteiger partial charge in [0.05, 0.1) is 0 Å². The smallest absolute Gasteiger partial charge is 0.326 e. The largest absolute Gasteiger partial charge is 0.484 e. The van der Waals surface area contributed by atoms with E-state index >= 15 is 0 Å². The Hall–Kier alpha value is -1.75. The Balaban J connectivity index is 1.92. The van der Waals surface area contributed by atoms with Crippen molar-refractivity contribution in [2.75, 3.05) is 13.2 Å². The molecule has 0 saturated carbocycles. The van der Waals surface area contributed by atoms with Crippen LogP contribution in [0.5, 0.6) is 5.75 Å². The summed E-state index contributed by atoms with van der Waals surface area (Å²) in [6.45, 7) is 0.291. The maximum absolute atomic E-state index is 11.9. The number of benzene rings is 1. The lowest BCUT2D eigenvalue weighted by molar-refractivity contribution is -0.148. The first kappa shape index (κ1) is 13.7. The monoisotopic (exact) mass is 283 g/mol. The second-order valence-corrected chi connectivity index (χ2v) is 4.77. The van der Waals surface area contributed by atoms with Crippen LogP contribution in [0.25, 0.3) is 0 Å². The van der Waals surface area contributed by atoms with E-state index in [2.05, 4.69) is 0 Å². The van der Waals surface area contributed by atoms with Gasteiger partial charge in [-0.15, -0.1) is 0 Å². The molecule has 6 heteroatoms. The molecule has 2 rings (SSSR count). The second-order valence-electron chi connectivity index (χ2n) is 4.33. The fraction of sp³-hybridized carbons (Fsp3) is 0.385. The fourth-order valence-electron chi connectivity index (χ4n) is 2.11. The van der Waals surface area contributed by atoms with Crippen LogP contribution >= 0.6 is 11.6 Å². The SMILES string of the molecule is O=C(O)[C@H]1CCCN1C(=O)COc1cccc(Cl)c1. The zero-order valence-corrected chi connectivity index (χ0v) is 11.0. The van der Waals surface area contributed by atoms with Gasteiger partial charge in [-0.25, -0.2) is 4.79 Å². The molecule has 1 saturated heterocycles. The molecule has 1 aromatic carbocycles. The minimum Gasteiger partial charge on any atom is -0.484 e. The van der Waals surface area contributed by atoms with E-state index < -0.39 is 12.0 Å². The standard InChI is InChI=1S/C13H14ClNO4/c14-9-3-1-4-10(7-9)19-8-12(16)15-6-2-5-11(15)13(17)18/h1,3-4,7,11H,2,5-6,8H2,(H,17,18)/t11-/m1/s1. The zero-order chi connectivity index (χ0) is 13.8. The molecule has 0 unspecified atom stereocenters. The Morgan fingerprint density at radius 3 is 2.95 bits per heavy atom. The van der Waals surface area contributed by atoms with Gasteiger partial charge in [0.1, 0.15) is 11.8 Å². The van der Waals surface area contributed by atoms with Crippen LogP contribution in [0.3, 0.4) is 0 Å². The lowest BCUT2D eigenvalue weighted by Gasteiger charge is -2.21. The van der Waals surface area contributed by atoms with Crippen molar-refractivity contribution < 1.29 is 19.4 Å². The Bertz CT molecular complexity index is 491. The van der Waals surface area contributed by atoms with Gasteiger partial charge in [-0.2, -0.15) is 0 Å². The minimum absolute atomic E-state index is 0.176. The number of hydrogen-bond donors (Lipinski definition) is 1. The van der Waals surface area contributed by atoms with E-state index in [1.165, 1.54) is 4.90 Å². The third kappa shape index (κ3) is 3.38. The van der Waals surface area contributed by atoms with Gasteiger partial charge in [0, 0.05) is 11.6 Å². The van der Waals surface area contributed by atoms with Gasteiger partial charge in [-0.3, -0.25) is 4.79 Å². The van der Waals surface area contributed by atoms with E-state index in [-0.39, 0.29) is 12.5 Å². The van der Waals surface area contributed by atoms with Gasteiger partial charge in [0.25, 0.3) is 5.91 Å². The number of aliphatic carboxylic acids is 1. The highest BCUT2D eigenvalue weighted by atomic mass is 35.5. The molecule has 102 valence electrons. The van der Waals surface area contributed by atoms with E-state index in [1.807, 2.05) is 0 Å². The van der Waals surface area contributed by atoms with E-state index in [0.717, 1.165) is 0 Å². The number of rotatable bonds is 4. The highest BCUT2D eigenvalue weighted by molar-refractivity contribution is 6.30. The maximum Gasteiger partial charge on any atom is 0.326 e. The molecule has 0 radical (unpaired) electrons. The van der Waals surface area contributed by atoms with Crippen LogP contribution in [-0.4, -0.2) is 41.1 Å². The predicted octanol–water partition coefficient (Wildman–Crippen LogP) is 1.79. The molecule has 1 fully saturated rings. The Morgan fingerprint density at radius 2 is 2.26 bits per heavy atom. The quantitative estimate of drug-likeness (QED) is 0.915. The number of ether oxygens (including phenoxy) is 1. The number of amides is 1. The Kier molecular flexibility index (Phi) is 4.27.